The topological polar surface area (TPSA) is 70.3 Å². The molecule has 0 amide bonds. The van der Waals surface area contributed by atoms with Gasteiger partial charge in [-0.1, -0.05) is 71.7 Å². The average Bonchev–Trinajstić information content (AvgIpc) is 3.03. The molecule has 0 saturated heterocycles. The Morgan fingerprint density at radius 2 is 1.00 bits per heavy atom. The maximum atomic E-state index is 12.6. The summed E-state index contributed by atoms with van der Waals surface area (Å²) in [6, 6.07) is 25.6. The van der Waals surface area contributed by atoms with E-state index in [2.05, 4.69) is 19.4 Å². The van der Waals surface area contributed by atoms with Crippen LogP contribution in [0.1, 0.15) is 11.1 Å². The van der Waals surface area contributed by atoms with Crippen molar-refractivity contribution in [3.63, 3.8) is 0 Å². The highest BCUT2D eigenvalue weighted by atomic mass is 35.5. The van der Waals surface area contributed by atoms with Crippen molar-refractivity contribution >= 4 is 56.6 Å². The Balaban J connectivity index is 0.000000188. The summed E-state index contributed by atoms with van der Waals surface area (Å²) in [7, 11) is 0. The zero-order valence-corrected chi connectivity index (χ0v) is 26.6. The molecule has 0 atom stereocenters. The lowest BCUT2D eigenvalue weighted by molar-refractivity contribution is -0.275. The molecule has 0 aliphatic rings. The second-order valence-corrected chi connectivity index (χ2v) is 11.1. The summed E-state index contributed by atoms with van der Waals surface area (Å²) in [6.07, 6.45) is -9.60. The Morgan fingerprint density at radius 3 is 1.42 bits per heavy atom. The molecule has 0 fully saturated rings. The standard InChI is InChI=1S/C17H10Cl2F3NO.C17H12ClF3N2O/c18-9-11-8-10-4-3-6-13(19)16(10)23-15(11)12-5-1-2-7-14(12)24-17(20,21)22;18-13-6-3-4-10-8-11(9-22)15(23-16(10)13)12-5-1-2-7-14(12)24-17(19,20)21/h1-8H,9H2;1-8H,9,22H2. The molecule has 0 saturated carbocycles. The SMILES string of the molecule is FC(F)(F)Oc1ccccc1-c1nc2c(Cl)cccc2cc1CCl.NCc1cc2cccc(Cl)c2nc1-c1ccccc1OC(F)(F)F. The van der Waals surface area contributed by atoms with Crippen LogP contribution in [-0.2, 0) is 12.4 Å². The van der Waals surface area contributed by atoms with Crippen molar-refractivity contribution in [2.24, 2.45) is 5.73 Å². The number of hydrogen-bond acceptors (Lipinski definition) is 5. The summed E-state index contributed by atoms with van der Waals surface area (Å²) >= 11 is 18.3. The zero-order valence-electron chi connectivity index (χ0n) is 24.3. The number of aromatic nitrogens is 2. The van der Waals surface area contributed by atoms with Crippen molar-refractivity contribution in [2.75, 3.05) is 0 Å². The molecule has 2 aromatic heterocycles. The van der Waals surface area contributed by atoms with E-state index in [-0.39, 0.29) is 35.1 Å². The van der Waals surface area contributed by atoms with Crippen LogP contribution in [0.4, 0.5) is 26.3 Å². The molecular weight excluding hydrogens is 703 g/mol. The molecule has 0 aliphatic heterocycles. The number of fused-ring (bicyclic) bond motifs is 2. The second-order valence-electron chi connectivity index (χ2n) is 10.0. The van der Waals surface area contributed by atoms with Crippen molar-refractivity contribution in [1.82, 2.24) is 9.97 Å². The van der Waals surface area contributed by atoms with Gasteiger partial charge >= 0.3 is 12.7 Å². The third-order valence-electron chi connectivity index (χ3n) is 6.85. The van der Waals surface area contributed by atoms with Crippen molar-refractivity contribution in [3.05, 3.63) is 118 Å². The van der Waals surface area contributed by atoms with E-state index in [0.717, 1.165) is 10.8 Å². The third-order valence-corrected chi connectivity index (χ3v) is 7.75. The van der Waals surface area contributed by atoms with E-state index in [1.165, 1.54) is 36.4 Å². The molecule has 0 spiro atoms. The highest BCUT2D eigenvalue weighted by Gasteiger charge is 2.33. The molecule has 48 heavy (non-hydrogen) atoms. The molecular formula is C34H22Cl3F6N3O2. The predicted molar refractivity (Wildman–Crippen MR) is 175 cm³/mol. The van der Waals surface area contributed by atoms with E-state index in [1.54, 1.807) is 48.5 Å². The minimum absolute atomic E-state index is 0.0884. The number of rotatable bonds is 6. The summed E-state index contributed by atoms with van der Waals surface area (Å²) in [5.41, 5.74) is 8.97. The van der Waals surface area contributed by atoms with Crippen LogP contribution in [0.2, 0.25) is 10.0 Å². The molecule has 6 aromatic rings. The van der Waals surface area contributed by atoms with Gasteiger partial charge in [0.15, 0.2) is 0 Å². The van der Waals surface area contributed by atoms with Gasteiger partial charge in [0.05, 0.1) is 32.5 Å². The fraction of sp³-hybridized carbons (Fsp3) is 0.118. The minimum Gasteiger partial charge on any atom is -0.405 e. The van der Waals surface area contributed by atoms with Crippen molar-refractivity contribution < 1.29 is 35.8 Å². The smallest absolute Gasteiger partial charge is 0.405 e. The number of nitrogens with zero attached hydrogens (tertiary/aromatic N) is 2. The van der Waals surface area contributed by atoms with Gasteiger partial charge in [0.25, 0.3) is 0 Å². The molecule has 2 heterocycles. The van der Waals surface area contributed by atoms with E-state index >= 15 is 0 Å². The molecule has 14 heteroatoms. The van der Waals surface area contributed by atoms with Crippen LogP contribution in [0.15, 0.2) is 97.1 Å². The summed E-state index contributed by atoms with van der Waals surface area (Å²) in [5, 5.41) is 2.34. The monoisotopic (exact) mass is 723 g/mol. The normalized spacial score (nSPS) is 11.7. The van der Waals surface area contributed by atoms with Crippen LogP contribution in [0, 0.1) is 0 Å². The van der Waals surface area contributed by atoms with Crippen LogP contribution < -0.4 is 15.2 Å². The molecule has 0 bridgehead atoms. The number of para-hydroxylation sites is 4. The van der Waals surface area contributed by atoms with Gasteiger partial charge in [-0.05, 0) is 59.7 Å². The lowest BCUT2D eigenvalue weighted by Gasteiger charge is -2.15. The molecule has 248 valence electrons. The second kappa shape index (κ2) is 14.4. The molecule has 0 unspecified atom stereocenters. The molecule has 0 radical (unpaired) electrons. The lowest BCUT2D eigenvalue weighted by atomic mass is 10.0. The number of alkyl halides is 7. The first-order valence-corrected chi connectivity index (χ1v) is 15.2. The van der Waals surface area contributed by atoms with Gasteiger partial charge in [-0.2, -0.15) is 0 Å². The predicted octanol–water partition coefficient (Wildman–Crippen LogP) is 11.1. The number of hydrogen-bond donors (Lipinski definition) is 1. The molecule has 5 nitrogen and oxygen atoms in total. The van der Waals surface area contributed by atoms with E-state index in [0.29, 0.717) is 43.6 Å². The summed E-state index contributed by atoms with van der Waals surface area (Å²) < 4.78 is 84.1. The van der Waals surface area contributed by atoms with Crippen molar-refractivity contribution in [2.45, 2.75) is 25.1 Å². The Kier molecular flexibility index (Phi) is 10.5. The minimum atomic E-state index is -4.80. The Labute approximate surface area is 284 Å². The first-order chi connectivity index (χ1) is 22.8. The first-order valence-electron chi connectivity index (χ1n) is 13.9. The van der Waals surface area contributed by atoms with Crippen LogP contribution in [-0.4, -0.2) is 22.7 Å². The summed E-state index contributed by atoms with van der Waals surface area (Å²) in [6.45, 7) is 0.116. The maximum absolute atomic E-state index is 12.6. The van der Waals surface area contributed by atoms with Crippen LogP contribution in [0.3, 0.4) is 0 Å². The van der Waals surface area contributed by atoms with E-state index in [9.17, 15) is 26.3 Å². The largest absolute Gasteiger partial charge is 0.573 e. The fourth-order valence-corrected chi connectivity index (χ4v) is 5.54. The van der Waals surface area contributed by atoms with Crippen molar-refractivity contribution in [1.29, 1.82) is 0 Å². The number of halogens is 9. The van der Waals surface area contributed by atoms with E-state index in [4.69, 9.17) is 40.5 Å². The van der Waals surface area contributed by atoms with Crippen LogP contribution >= 0.6 is 34.8 Å². The number of benzene rings is 4. The Bertz CT molecular complexity index is 1940. The molecule has 2 N–H and O–H groups in total. The van der Waals surface area contributed by atoms with Crippen LogP contribution in [0.25, 0.3) is 44.3 Å². The first kappa shape index (κ1) is 35.0. The maximum Gasteiger partial charge on any atom is 0.573 e. The lowest BCUT2D eigenvalue weighted by Crippen LogP contribution is -2.17. The quantitative estimate of drug-likeness (QED) is 0.137. The highest BCUT2D eigenvalue weighted by Crippen LogP contribution is 2.38. The molecule has 6 rings (SSSR count). The number of nitrogens with two attached hydrogens (primary N) is 1. The van der Waals surface area contributed by atoms with Gasteiger partial charge in [-0.15, -0.1) is 37.9 Å². The highest BCUT2D eigenvalue weighted by molar-refractivity contribution is 6.35. The summed E-state index contributed by atoms with van der Waals surface area (Å²) in [5.74, 6) is -0.584. The van der Waals surface area contributed by atoms with E-state index < -0.39 is 12.7 Å². The van der Waals surface area contributed by atoms with Gasteiger partial charge in [-0.3, -0.25) is 0 Å². The van der Waals surface area contributed by atoms with Gasteiger partial charge in [-0.25, -0.2) is 9.97 Å². The molecule has 4 aromatic carbocycles. The average molecular weight is 725 g/mol. The van der Waals surface area contributed by atoms with Crippen molar-refractivity contribution in [3.8, 4) is 34.0 Å². The van der Waals surface area contributed by atoms with Gasteiger partial charge in [0.2, 0.25) is 0 Å². The van der Waals surface area contributed by atoms with Gasteiger partial charge in [0, 0.05) is 34.3 Å². The third kappa shape index (κ3) is 8.22. The number of ether oxygens (including phenoxy) is 2. The molecule has 0 aliphatic carbocycles. The van der Waals surface area contributed by atoms with Gasteiger partial charge < -0.3 is 15.2 Å². The number of pyridine rings is 2. The van der Waals surface area contributed by atoms with Crippen LogP contribution in [0.5, 0.6) is 11.5 Å². The van der Waals surface area contributed by atoms with E-state index in [1.807, 2.05) is 12.1 Å². The van der Waals surface area contributed by atoms with Gasteiger partial charge in [0.1, 0.15) is 11.5 Å². The Hall–Kier alpha value is -4.29. The Morgan fingerprint density at radius 1 is 0.583 bits per heavy atom. The summed E-state index contributed by atoms with van der Waals surface area (Å²) in [4.78, 5) is 8.89. The fourth-order valence-electron chi connectivity index (χ4n) is 4.89. The zero-order chi connectivity index (χ0) is 34.6.